The summed E-state index contributed by atoms with van der Waals surface area (Å²) in [7, 11) is -7.41. The molecule has 0 rings (SSSR count). The highest BCUT2D eigenvalue weighted by atomic mass is 32.3. The smallest absolute Gasteiger partial charge is 0.303 e. The van der Waals surface area contributed by atoms with Gasteiger partial charge >= 0.3 is 5.97 Å². The predicted octanol–water partition coefficient (Wildman–Crippen LogP) is -0.837. The van der Waals surface area contributed by atoms with Crippen LogP contribution in [-0.4, -0.2) is 45.8 Å². The van der Waals surface area contributed by atoms with Crippen molar-refractivity contribution in [2.45, 2.75) is 19.3 Å². The third kappa shape index (κ3) is 9.87. The van der Waals surface area contributed by atoms with Gasteiger partial charge in [-0.3, -0.25) is 4.79 Å². The molecular weight excluding hydrogens is 258 g/mol. The number of nitrogens with one attached hydrogen (secondary N) is 1. The molecule has 0 aliphatic rings. The second-order valence-corrected chi connectivity index (χ2v) is 7.72. The maximum Gasteiger partial charge on any atom is 0.303 e. The number of rotatable bonds is 8. The molecule has 0 bridgehead atoms. The monoisotopic (exact) mass is 273 g/mol. The lowest BCUT2D eigenvalue weighted by Gasteiger charge is -2.04. The zero-order valence-electron chi connectivity index (χ0n) is 8.84. The van der Waals surface area contributed by atoms with Gasteiger partial charge in [0.2, 0.25) is 10.0 Å². The Balaban J connectivity index is 3.89. The maximum absolute atomic E-state index is 11.1. The fourth-order valence-electron chi connectivity index (χ4n) is 0.952. The molecule has 16 heavy (non-hydrogen) atoms. The lowest BCUT2D eigenvalue weighted by molar-refractivity contribution is -0.137. The van der Waals surface area contributed by atoms with E-state index in [9.17, 15) is 21.6 Å². The summed E-state index contributed by atoms with van der Waals surface area (Å²) >= 11 is 0. The molecule has 0 unspecified atom stereocenters. The summed E-state index contributed by atoms with van der Waals surface area (Å²) in [5.74, 6) is -0.945. The van der Waals surface area contributed by atoms with Crippen molar-refractivity contribution in [3.05, 3.63) is 0 Å². The zero-order valence-corrected chi connectivity index (χ0v) is 10.5. The molecule has 0 radical (unpaired) electrons. The van der Waals surface area contributed by atoms with Gasteiger partial charge in [-0.05, 0) is 12.8 Å². The molecule has 0 aromatic heterocycles. The summed E-state index contributed by atoms with van der Waals surface area (Å²) in [6, 6.07) is 0. The van der Waals surface area contributed by atoms with Crippen LogP contribution in [0, 0.1) is 0 Å². The number of carbonyl (C=O) groups is 1. The van der Waals surface area contributed by atoms with E-state index < -0.39 is 30.9 Å². The van der Waals surface area contributed by atoms with E-state index in [4.69, 9.17) is 5.11 Å². The molecule has 0 fully saturated rings. The second kappa shape index (κ2) is 6.16. The van der Waals surface area contributed by atoms with Gasteiger partial charge in [-0.2, -0.15) is 0 Å². The Bertz CT molecular complexity index is 424. The molecule has 9 heteroatoms. The van der Waals surface area contributed by atoms with E-state index in [1.807, 2.05) is 0 Å². The average molecular weight is 273 g/mol. The minimum absolute atomic E-state index is 0.0339. The molecule has 7 nitrogen and oxygen atoms in total. The van der Waals surface area contributed by atoms with Crippen molar-refractivity contribution in [2.24, 2.45) is 0 Å². The highest BCUT2D eigenvalue weighted by Crippen LogP contribution is 1.96. The molecule has 0 saturated carbocycles. The van der Waals surface area contributed by atoms with Gasteiger partial charge in [-0.25, -0.2) is 21.6 Å². The first kappa shape index (κ1) is 15.3. The number of aliphatic carboxylic acids is 1. The van der Waals surface area contributed by atoms with Crippen molar-refractivity contribution >= 4 is 25.8 Å². The fourth-order valence-corrected chi connectivity index (χ4v) is 4.00. The van der Waals surface area contributed by atoms with Gasteiger partial charge in [-0.1, -0.05) is 0 Å². The van der Waals surface area contributed by atoms with E-state index in [1.54, 1.807) is 0 Å². The van der Waals surface area contributed by atoms with Crippen LogP contribution in [0.1, 0.15) is 19.3 Å². The van der Waals surface area contributed by atoms with E-state index >= 15 is 0 Å². The SMILES string of the molecule is CS(=O)(=O)CS(=O)(=O)NCCCCC(=O)O. The van der Waals surface area contributed by atoms with Crippen LogP contribution < -0.4 is 4.72 Å². The maximum atomic E-state index is 11.1. The van der Waals surface area contributed by atoms with Crippen LogP contribution >= 0.6 is 0 Å². The van der Waals surface area contributed by atoms with Crippen molar-refractivity contribution in [3.63, 3.8) is 0 Å². The Morgan fingerprint density at radius 1 is 1.19 bits per heavy atom. The van der Waals surface area contributed by atoms with Crippen LogP contribution in [0.5, 0.6) is 0 Å². The Hall–Kier alpha value is -0.670. The van der Waals surface area contributed by atoms with Crippen LogP contribution in [0.3, 0.4) is 0 Å². The summed E-state index contributed by atoms with van der Waals surface area (Å²) in [6.45, 7) is 0.0468. The largest absolute Gasteiger partial charge is 0.481 e. The van der Waals surface area contributed by atoms with Gasteiger partial charge in [-0.15, -0.1) is 0 Å². The normalized spacial score (nSPS) is 12.6. The molecule has 0 saturated heterocycles. The van der Waals surface area contributed by atoms with Crippen LogP contribution in [0.2, 0.25) is 0 Å². The van der Waals surface area contributed by atoms with Crippen LogP contribution in [0.25, 0.3) is 0 Å². The molecule has 0 aliphatic carbocycles. The standard InChI is InChI=1S/C7H15NO6S2/c1-15(11,12)6-16(13,14)8-5-3-2-4-7(9)10/h8H,2-6H2,1H3,(H,9,10). The molecule has 0 amide bonds. The van der Waals surface area contributed by atoms with Gasteiger partial charge in [0.15, 0.2) is 14.9 Å². The molecule has 2 N–H and O–H groups in total. The first-order chi connectivity index (χ1) is 7.12. The number of carboxylic acid groups (broad SMARTS) is 1. The van der Waals surface area contributed by atoms with Gasteiger partial charge < -0.3 is 5.11 Å². The Morgan fingerprint density at radius 2 is 1.75 bits per heavy atom. The number of sulfonamides is 1. The highest BCUT2D eigenvalue weighted by Gasteiger charge is 2.16. The summed E-state index contributed by atoms with van der Waals surface area (Å²) in [5, 5.41) is 7.36. The number of sulfone groups is 1. The van der Waals surface area contributed by atoms with E-state index in [0.29, 0.717) is 12.8 Å². The average Bonchev–Trinajstić information content (AvgIpc) is 1.97. The number of unbranched alkanes of at least 4 members (excludes halogenated alkanes) is 1. The molecule has 96 valence electrons. The molecule has 0 aromatic carbocycles. The van der Waals surface area contributed by atoms with E-state index in [0.717, 1.165) is 6.26 Å². The van der Waals surface area contributed by atoms with Gasteiger partial charge in [0.25, 0.3) is 0 Å². The summed E-state index contributed by atoms with van der Waals surface area (Å²) in [4.78, 5) is 10.1. The third-order valence-corrected chi connectivity index (χ3v) is 5.11. The summed E-state index contributed by atoms with van der Waals surface area (Å²) in [5.41, 5.74) is 0. The van der Waals surface area contributed by atoms with Crippen molar-refractivity contribution in [2.75, 3.05) is 17.9 Å². The lowest BCUT2D eigenvalue weighted by Crippen LogP contribution is -2.30. The van der Waals surface area contributed by atoms with Crippen LogP contribution in [0.4, 0.5) is 0 Å². The molecule has 0 heterocycles. The molecule has 0 spiro atoms. The minimum Gasteiger partial charge on any atom is -0.481 e. The lowest BCUT2D eigenvalue weighted by atomic mass is 10.2. The third-order valence-electron chi connectivity index (χ3n) is 1.51. The fraction of sp³-hybridized carbons (Fsp3) is 0.857. The van der Waals surface area contributed by atoms with E-state index in [1.165, 1.54) is 0 Å². The highest BCUT2D eigenvalue weighted by molar-refractivity contribution is 8.06. The van der Waals surface area contributed by atoms with Crippen LogP contribution in [0.15, 0.2) is 0 Å². The minimum atomic E-state index is -3.83. The van der Waals surface area contributed by atoms with Crippen molar-refractivity contribution in [1.29, 1.82) is 0 Å². The first-order valence-electron chi connectivity index (χ1n) is 4.49. The van der Waals surface area contributed by atoms with Crippen molar-refractivity contribution in [1.82, 2.24) is 4.72 Å². The van der Waals surface area contributed by atoms with Gasteiger partial charge in [0.1, 0.15) is 0 Å². The Morgan fingerprint density at radius 3 is 2.19 bits per heavy atom. The zero-order chi connectivity index (χ0) is 12.8. The number of hydrogen-bond donors (Lipinski definition) is 2. The summed E-state index contributed by atoms with van der Waals surface area (Å²) in [6.07, 6.45) is 1.50. The quantitative estimate of drug-likeness (QED) is 0.557. The van der Waals surface area contributed by atoms with Crippen molar-refractivity contribution in [3.8, 4) is 0 Å². The first-order valence-corrected chi connectivity index (χ1v) is 8.20. The van der Waals surface area contributed by atoms with E-state index in [-0.39, 0.29) is 13.0 Å². The van der Waals surface area contributed by atoms with Crippen LogP contribution in [-0.2, 0) is 24.7 Å². The molecule has 0 aromatic rings. The second-order valence-electron chi connectivity index (χ2n) is 3.40. The number of carboxylic acids is 1. The number of hydrogen-bond acceptors (Lipinski definition) is 5. The van der Waals surface area contributed by atoms with Crippen molar-refractivity contribution < 1.29 is 26.7 Å². The predicted molar refractivity (Wildman–Crippen MR) is 58.1 cm³/mol. The Labute approximate surface area is 94.8 Å². The molecule has 0 atom stereocenters. The Kier molecular flexibility index (Phi) is 5.90. The topological polar surface area (TPSA) is 118 Å². The summed E-state index contributed by atoms with van der Waals surface area (Å²) < 4.78 is 45.8. The van der Waals surface area contributed by atoms with Gasteiger partial charge in [0, 0.05) is 19.2 Å². The van der Waals surface area contributed by atoms with Gasteiger partial charge in [0.05, 0.1) is 0 Å². The molecular formula is C7H15NO6S2. The van der Waals surface area contributed by atoms with E-state index in [2.05, 4.69) is 4.72 Å². The molecule has 0 aliphatic heterocycles.